The number of aromatic nitrogens is 3. The molecule has 0 aliphatic heterocycles. The fraction of sp³-hybridized carbons (Fsp3) is 0.571. The van der Waals surface area contributed by atoms with Gasteiger partial charge >= 0.3 is 0 Å². The molecular weight excluding hydrogens is 352 g/mol. The highest BCUT2D eigenvalue weighted by Crippen LogP contribution is 2.17. The molecule has 1 atom stereocenters. The number of nitrogens with one attached hydrogen (secondary N) is 2. The second-order valence-corrected chi connectivity index (χ2v) is 7.51. The SMILES string of the molecule is Cc1nnc(CN=C(NCCC(O)c2ccccc2)NC2CCCCC2)n1C. The summed E-state index contributed by atoms with van der Waals surface area (Å²) < 4.78 is 1.96. The molecule has 152 valence electrons. The minimum absolute atomic E-state index is 0.459. The monoisotopic (exact) mass is 384 g/mol. The van der Waals surface area contributed by atoms with Gasteiger partial charge in [-0.1, -0.05) is 49.6 Å². The first kappa shape index (κ1) is 20.3. The van der Waals surface area contributed by atoms with E-state index in [4.69, 9.17) is 4.99 Å². The zero-order valence-electron chi connectivity index (χ0n) is 16.9. The summed E-state index contributed by atoms with van der Waals surface area (Å²) in [6, 6.07) is 10.2. The van der Waals surface area contributed by atoms with Crippen molar-refractivity contribution in [3.8, 4) is 0 Å². The predicted octanol–water partition coefficient (Wildman–Crippen LogP) is 2.62. The maximum Gasteiger partial charge on any atom is 0.191 e. The number of rotatable bonds is 7. The molecule has 1 unspecified atom stereocenters. The molecule has 1 heterocycles. The average molecular weight is 385 g/mol. The molecule has 0 amide bonds. The average Bonchev–Trinajstić information content (AvgIpc) is 3.05. The number of guanidine groups is 1. The molecule has 0 bridgehead atoms. The van der Waals surface area contributed by atoms with Crippen molar-refractivity contribution >= 4 is 5.96 Å². The van der Waals surface area contributed by atoms with Crippen LogP contribution in [0.5, 0.6) is 0 Å². The Labute approximate surface area is 167 Å². The Morgan fingerprint density at radius 2 is 1.96 bits per heavy atom. The second kappa shape index (κ2) is 10.2. The van der Waals surface area contributed by atoms with Gasteiger partial charge in [0, 0.05) is 19.6 Å². The fourth-order valence-electron chi connectivity index (χ4n) is 3.50. The summed E-state index contributed by atoms with van der Waals surface area (Å²) in [4.78, 5) is 4.72. The van der Waals surface area contributed by atoms with Gasteiger partial charge in [-0.25, -0.2) is 4.99 Å². The molecule has 2 aromatic rings. The molecule has 1 fully saturated rings. The lowest BCUT2D eigenvalue weighted by Crippen LogP contribution is -2.44. The first-order valence-corrected chi connectivity index (χ1v) is 10.3. The maximum atomic E-state index is 10.4. The summed E-state index contributed by atoms with van der Waals surface area (Å²) in [6.07, 6.45) is 6.34. The number of aryl methyl sites for hydroxylation is 1. The summed E-state index contributed by atoms with van der Waals surface area (Å²) in [6.45, 7) is 3.05. The van der Waals surface area contributed by atoms with Crippen LogP contribution in [-0.2, 0) is 13.6 Å². The van der Waals surface area contributed by atoms with E-state index in [-0.39, 0.29) is 0 Å². The van der Waals surface area contributed by atoms with Crippen LogP contribution < -0.4 is 10.6 Å². The predicted molar refractivity (Wildman–Crippen MR) is 111 cm³/mol. The lowest BCUT2D eigenvalue weighted by Gasteiger charge is -2.25. The summed E-state index contributed by atoms with van der Waals surface area (Å²) in [5.74, 6) is 2.50. The molecule has 1 aliphatic rings. The van der Waals surface area contributed by atoms with Crippen molar-refractivity contribution in [2.24, 2.45) is 12.0 Å². The molecule has 1 aromatic carbocycles. The van der Waals surface area contributed by atoms with Gasteiger partial charge in [0.2, 0.25) is 0 Å². The van der Waals surface area contributed by atoms with Crippen molar-refractivity contribution in [1.82, 2.24) is 25.4 Å². The molecule has 3 N–H and O–H groups in total. The van der Waals surface area contributed by atoms with E-state index in [0.717, 1.165) is 23.2 Å². The van der Waals surface area contributed by atoms with Gasteiger partial charge in [-0.05, 0) is 31.7 Å². The lowest BCUT2D eigenvalue weighted by atomic mass is 9.96. The molecule has 1 saturated carbocycles. The topological polar surface area (TPSA) is 87.4 Å². The molecular formula is C21H32N6O. The highest BCUT2D eigenvalue weighted by molar-refractivity contribution is 5.80. The highest BCUT2D eigenvalue weighted by Gasteiger charge is 2.15. The van der Waals surface area contributed by atoms with Gasteiger partial charge in [0.25, 0.3) is 0 Å². The van der Waals surface area contributed by atoms with Gasteiger partial charge in [-0.3, -0.25) is 0 Å². The van der Waals surface area contributed by atoms with Crippen LogP contribution >= 0.6 is 0 Å². The first-order chi connectivity index (χ1) is 13.6. The van der Waals surface area contributed by atoms with E-state index in [1.54, 1.807) is 0 Å². The van der Waals surface area contributed by atoms with Crippen LogP contribution in [0.4, 0.5) is 0 Å². The largest absolute Gasteiger partial charge is 0.388 e. The molecule has 0 saturated heterocycles. The van der Waals surface area contributed by atoms with Crippen LogP contribution in [0.2, 0.25) is 0 Å². The molecule has 3 rings (SSSR count). The van der Waals surface area contributed by atoms with Crippen LogP contribution in [-0.4, -0.2) is 38.4 Å². The molecule has 1 aliphatic carbocycles. The van der Waals surface area contributed by atoms with Crippen molar-refractivity contribution in [3.63, 3.8) is 0 Å². The van der Waals surface area contributed by atoms with Crippen molar-refractivity contribution in [3.05, 3.63) is 47.5 Å². The lowest BCUT2D eigenvalue weighted by molar-refractivity contribution is 0.168. The number of benzene rings is 1. The second-order valence-electron chi connectivity index (χ2n) is 7.51. The molecule has 28 heavy (non-hydrogen) atoms. The zero-order chi connectivity index (χ0) is 19.8. The standard InChI is InChI=1S/C21H32N6O/c1-16-25-26-20(27(16)2)15-23-21(24-18-11-7-4-8-12-18)22-14-13-19(28)17-9-5-3-6-10-17/h3,5-6,9-10,18-19,28H,4,7-8,11-15H2,1-2H3,(H2,22,23,24). The van der Waals surface area contributed by atoms with E-state index in [1.165, 1.54) is 32.1 Å². The van der Waals surface area contributed by atoms with Crippen molar-refractivity contribution in [2.75, 3.05) is 6.54 Å². The maximum absolute atomic E-state index is 10.4. The molecule has 7 nitrogen and oxygen atoms in total. The van der Waals surface area contributed by atoms with Gasteiger partial charge < -0.3 is 20.3 Å². The number of hydrogen-bond donors (Lipinski definition) is 3. The Hall–Kier alpha value is -2.41. The minimum Gasteiger partial charge on any atom is -0.388 e. The fourth-order valence-corrected chi connectivity index (χ4v) is 3.50. The Kier molecular flexibility index (Phi) is 7.42. The minimum atomic E-state index is -0.481. The van der Waals surface area contributed by atoms with E-state index >= 15 is 0 Å². The summed E-state index contributed by atoms with van der Waals surface area (Å²) in [7, 11) is 1.96. The quantitative estimate of drug-likeness (QED) is 0.505. The number of aliphatic imine (C=N–C) groups is 1. The molecule has 0 spiro atoms. The number of aliphatic hydroxyl groups is 1. The van der Waals surface area contributed by atoms with Crippen LogP contribution in [0, 0.1) is 6.92 Å². The van der Waals surface area contributed by atoms with Gasteiger partial charge in [0.05, 0.1) is 6.10 Å². The van der Waals surface area contributed by atoms with Crippen LogP contribution in [0.15, 0.2) is 35.3 Å². The summed E-state index contributed by atoms with van der Waals surface area (Å²) in [5.41, 5.74) is 0.942. The summed E-state index contributed by atoms with van der Waals surface area (Å²) in [5, 5.41) is 25.6. The Morgan fingerprint density at radius 3 is 2.64 bits per heavy atom. The zero-order valence-corrected chi connectivity index (χ0v) is 16.9. The van der Waals surface area contributed by atoms with E-state index in [0.29, 0.717) is 25.6 Å². The van der Waals surface area contributed by atoms with Crippen molar-refractivity contribution in [1.29, 1.82) is 0 Å². The summed E-state index contributed by atoms with van der Waals surface area (Å²) >= 11 is 0. The smallest absolute Gasteiger partial charge is 0.191 e. The van der Waals surface area contributed by atoms with Gasteiger partial charge in [-0.15, -0.1) is 10.2 Å². The molecule has 0 radical (unpaired) electrons. The van der Waals surface area contributed by atoms with Crippen LogP contribution in [0.1, 0.15) is 61.8 Å². The Balaban J connectivity index is 1.58. The number of aliphatic hydroxyl groups excluding tert-OH is 1. The first-order valence-electron chi connectivity index (χ1n) is 10.3. The molecule has 7 heteroatoms. The third kappa shape index (κ3) is 5.79. The van der Waals surface area contributed by atoms with E-state index in [2.05, 4.69) is 20.8 Å². The Bertz CT molecular complexity index is 752. The van der Waals surface area contributed by atoms with Gasteiger partial charge in [-0.2, -0.15) is 0 Å². The molecule has 1 aromatic heterocycles. The number of nitrogens with zero attached hydrogens (tertiary/aromatic N) is 4. The van der Waals surface area contributed by atoms with Crippen molar-refractivity contribution in [2.45, 2.75) is 64.1 Å². The highest BCUT2D eigenvalue weighted by atomic mass is 16.3. The van der Waals surface area contributed by atoms with E-state index in [9.17, 15) is 5.11 Å². The third-order valence-electron chi connectivity index (χ3n) is 5.40. The normalized spacial score (nSPS) is 16.8. The van der Waals surface area contributed by atoms with Crippen LogP contribution in [0.3, 0.4) is 0 Å². The van der Waals surface area contributed by atoms with Gasteiger partial charge in [0.1, 0.15) is 12.4 Å². The van der Waals surface area contributed by atoms with E-state index < -0.39 is 6.10 Å². The van der Waals surface area contributed by atoms with Crippen LogP contribution in [0.25, 0.3) is 0 Å². The Morgan fingerprint density at radius 1 is 1.21 bits per heavy atom. The van der Waals surface area contributed by atoms with E-state index in [1.807, 2.05) is 48.9 Å². The van der Waals surface area contributed by atoms with Gasteiger partial charge in [0.15, 0.2) is 11.8 Å². The number of hydrogen-bond acceptors (Lipinski definition) is 4. The van der Waals surface area contributed by atoms with Crippen molar-refractivity contribution < 1.29 is 5.11 Å². The third-order valence-corrected chi connectivity index (χ3v) is 5.40.